The highest BCUT2D eigenvalue weighted by molar-refractivity contribution is 14.0. The predicted molar refractivity (Wildman–Crippen MR) is 122 cm³/mol. The first-order valence-corrected chi connectivity index (χ1v) is 10.0. The number of rotatable bonds is 6. The third kappa shape index (κ3) is 5.98. The number of benzene rings is 1. The molecule has 0 atom stereocenters. The van der Waals surface area contributed by atoms with Crippen molar-refractivity contribution in [3.8, 4) is 5.75 Å². The Hall–Kier alpha value is -1.02. The second-order valence-corrected chi connectivity index (χ2v) is 7.44. The lowest BCUT2D eigenvalue weighted by molar-refractivity contribution is 0.0531. The molecule has 6 heteroatoms. The van der Waals surface area contributed by atoms with Gasteiger partial charge in [-0.3, -0.25) is 4.99 Å². The van der Waals surface area contributed by atoms with E-state index in [1.807, 2.05) is 0 Å². The number of methoxy groups -OCH3 is 1. The molecule has 0 bridgehead atoms. The van der Waals surface area contributed by atoms with Gasteiger partial charge >= 0.3 is 0 Å². The SMILES string of the molecule is CCNC(=NCC1(c2ccc(OC)cc2)CCOCC1)NC1CCCC1.I. The third-order valence-corrected chi connectivity index (χ3v) is 5.73. The van der Waals surface area contributed by atoms with E-state index in [-0.39, 0.29) is 29.4 Å². The summed E-state index contributed by atoms with van der Waals surface area (Å²) >= 11 is 0. The van der Waals surface area contributed by atoms with E-state index in [4.69, 9.17) is 14.5 Å². The zero-order chi connectivity index (χ0) is 18.2. The summed E-state index contributed by atoms with van der Waals surface area (Å²) in [6.45, 7) is 5.39. The molecule has 1 aliphatic heterocycles. The number of halogens is 1. The van der Waals surface area contributed by atoms with Crippen LogP contribution in [0, 0.1) is 0 Å². The van der Waals surface area contributed by atoms with Crippen LogP contribution < -0.4 is 15.4 Å². The molecule has 2 N–H and O–H groups in total. The van der Waals surface area contributed by atoms with Gasteiger partial charge in [-0.15, -0.1) is 24.0 Å². The molecule has 0 spiro atoms. The van der Waals surface area contributed by atoms with Gasteiger partial charge in [0.2, 0.25) is 0 Å². The Morgan fingerprint density at radius 1 is 1.19 bits per heavy atom. The summed E-state index contributed by atoms with van der Waals surface area (Å²) in [7, 11) is 1.71. The van der Waals surface area contributed by atoms with Crippen LogP contribution in [0.3, 0.4) is 0 Å². The molecule has 0 unspecified atom stereocenters. The maximum absolute atomic E-state index is 5.65. The Morgan fingerprint density at radius 2 is 1.85 bits per heavy atom. The van der Waals surface area contributed by atoms with Crippen LogP contribution >= 0.6 is 24.0 Å². The molecule has 1 aromatic rings. The lowest BCUT2D eigenvalue weighted by atomic mass is 9.74. The fraction of sp³-hybridized carbons (Fsp3) is 0.667. The number of guanidine groups is 1. The minimum atomic E-state index is 0. The monoisotopic (exact) mass is 487 g/mol. The van der Waals surface area contributed by atoms with Crippen LogP contribution in [0.25, 0.3) is 0 Å². The van der Waals surface area contributed by atoms with Crippen molar-refractivity contribution < 1.29 is 9.47 Å². The number of aliphatic imine (C=N–C) groups is 1. The molecule has 1 saturated heterocycles. The molecule has 1 heterocycles. The number of hydrogen-bond acceptors (Lipinski definition) is 3. The van der Waals surface area contributed by atoms with Gasteiger partial charge in [0, 0.05) is 31.2 Å². The molecule has 2 fully saturated rings. The number of ether oxygens (including phenoxy) is 2. The van der Waals surface area contributed by atoms with Gasteiger partial charge in [0.25, 0.3) is 0 Å². The van der Waals surface area contributed by atoms with Crippen LogP contribution in [0.4, 0.5) is 0 Å². The fourth-order valence-electron chi connectivity index (χ4n) is 4.06. The summed E-state index contributed by atoms with van der Waals surface area (Å²) in [6.07, 6.45) is 7.16. The second kappa shape index (κ2) is 11.1. The number of nitrogens with zero attached hydrogens (tertiary/aromatic N) is 1. The summed E-state index contributed by atoms with van der Waals surface area (Å²) in [5.41, 5.74) is 1.38. The maximum Gasteiger partial charge on any atom is 0.191 e. The standard InChI is InChI=1S/C21H33N3O2.HI/c1-3-22-20(24-18-6-4-5-7-18)23-16-21(12-14-26-15-13-21)17-8-10-19(25-2)11-9-17;/h8-11,18H,3-7,12-16H2,1-2H3,(H2,22,23,24);1H. The largest absolute Gasteiger partial charge is 0.497 e. The highest BCUT2D eigenvalue weighted by Crippen LogP contribution is 2.36. The predicted octanol–water partition coefficient (Wildman–Crippen LogP) is 3.86. The second-order valence-electron chi connectivity index (χ2n) is 7.44. The molecule has 5 nitrogen and oxygen atoms in total. The average molecular weight is 487 g/mol. The first kappa shape index (κ1) is 22.3. The Bertz CT molecular complexity index is 580. The molecule has 0 radical (unpaired) electrons. The Labute approximate surface area is 180 Å². The van der Waals surface area contributed by atoms with Gasteiger partial charge in [0.05, 0.1) is 13.7 Å². The lowest BCUT2D eigenvalue weighted by Crippen LogP contribution is -2.44. The van der Waals surface area contributed by atoms with Crippen molar-refractivity contribution in [3.05, 3.63) is 29.8 Å². The lowest BCUT2D eigenvalue weighted by Gasteiger charge is -2.37. The zero-order valence-electron chi connectivity index (χ0n) is 16.6. The van der Waals surface area contributed by atoms with E-state index in [1.165, 1.54) is 31.2 Å². The van der Waals surface area contributed by atoms with Crippen LogP contribution in [-0.2, 0) is 10.2 Å². The molecule has 27 heavy (non-hydrogen) atoms. The molecule has 1 aromatic carbocycles. The fourth-order valence-corrected chi connectivity index (χ4v) is 4.06. The van der Waals surface area contributed by atoms with Gasteiger partial charge < -0.3 is 20.1 Å². The van der Waals surface area contributed by atoms with Gasteiger partial charge in [-0.25, -0.2) is 0 Å². The molecule has 0 amide bonds. The molecular weight excluding hydrogens is 453 g/mol. The summed E-state index contributed by atoms with van der Waals surface area (Å²) < 4.78 is 11.0. The number of hydrogen-bond donors (Lipinski definition) is 2. The molecular formula is C21H34IN3O2. The first-order valence-electron chi connectivity index (χ1n) is 10.0. The zero-order valence-corrected chi connectivity index (χ0v) is 19.0. The smallest absolute Gasteiger partial charge is 0.191 e. The van der Waals surface area contributed by atoms with E-state index in [1.54, 1.807) is 7.11 Å². The van der Waals surface area contributed by atoms with E-state index in [2.05, 4.69) is 41.8 Å². The highest BCUT2D eigenvalue weighted by Gasteiger charge is 2.34. The Morgan fingerprint density at radius 3 is 2.44 bits per heavy atom. The molecule has 3 rings (SSSR count). The Kier molecular flexibility index (Phi) is 9.15. The topological polar surface area (TPSA) is 54.9 Å². The van der Waals surface area contributed by atoms with E-state index in [0.29, 0.717) is 6.04 Å². The van der Waals surface area contributed by atoms with Crippen LogP contribution in [0.1, 0.15) is 51.0 Å². The third-order valence-electron chi connectivity index (χ3n) is 5.73. The van der Waals surface area contributed by atoms with Crippen molar-refractivity contribution in [2.24, 2.45) is 4.99 Å². The van der Waals surface area contributed by atoms with Gasteiger partial charge in [-0.05, 0) is 50.3 Å². The quantitative estimate of drug-likeness (QED) is 0.364. The van der Waals surface area contributed by atoms with Gasteiger partial charge in [-0.2, -0.15) is 0 Å². The van der Waals surface area contributed by atoms with E-state index < -0.39 is 0 Å². The van der Waals surface area contributed by atoms with Crippen LogP contribution in [-0.4, -0.2) is 45.4 Å². The molecule has 1 saturated carbocycles. The van der Waals surface area contributed by atoms with Crippen molar-refractivity contribution in [2.75, 3.05) is 33.4 Å². The van der Waals surface area contributed by atoms with Crippen molar-refractivity contribution in [2.45, 2.75) is 56.9 Å². The maximum atomic E-state index is 5.65. The van der Waals surface area contributed by atoms with Crippen molar-refractivity contribution in [1.29, 1.82) is 0 Å². The van der Waals surface area contributed by atoms with Gasteiger partial charge in [0.1, 0.15) is 5.75 Å². The summed E-state index contributed by atoms with van der Waals surface area (Å²) in [5, 5.41) is 7.05. The average Bonchev–Trinajstić information content (AvgIpc) is 3.20. The van der Waals surface area contributed by atoms with Crippen molar-refractivity contribution >= 4 is 29.9 Å². The van der Waals surface area contributed by atoms with E-state index in [9.17, 15) is 0 Å². The summed E-state index contributed by atoms with van der Waals surface area (Å²) in [4.78, 5) is 5.00. The Balaban J connectivity index is 0.00000261. The first-order chi connectivity index (χ1) is 12.8. The van der Waals surface area contributed by atoms with Crippen LogP contribution in [0.2, 0.25) is 0 Å². The summed E-state index contributed by atoms with van der Waals surface area (Å²) in [6, 6.07) is 9.06. The van der Waals surface area contributed by atoms with Gasteiger partial charge in [-0.1, -0.05) is 25.0 Å². The normalized spacial score (nSPS) is 20.0. The van der Waals surface area contributed by atoms with Crippen LogP contribution in [0.15, 0.2) is 29.3 Å². The van der Waals surface area contributed by atoms with Crippen LogP contribution in [0.5, 0.6) is 5.75 Å². The molecule has 0 aromatic heterocycles. The molecule has 152 valence electrons. The molecule has 2 aliphatic rings. The summed E-state index contributed by atoms with van der Waals surface area (Å²) in [5.74, 6) is 1.86. The molecule has 1 aliphatic carbocycles. The van der Waals surface area contributed by atoms with Crippen molar-refractivity contribution in [3.63, 3.8) is 0 Å². The van der Waals surface area contributed by atoms with E-state index in [0.717, 1.165) is 50.9 Å². The minimum Gasteiger partial charge on any atom is -0.497 e. The minimum absolute atomic E-state index is 0. The van der Waals surface area contributed by atoms with Gasteiger partial charge in [0.15, 0.2) is 5.96 Å². The highest BCUT2D eigenvalue weighted by atomic mass is 127. The van der Waals surface area contributed by atoms with E-state index >= 15 is 0 Å². The number of nitrogens with one attached hydrogen (secondary N) is 2. The van der Waals surface area contributed by atoms with Crippen molar-refractivity contribution in [1.82, 2.24) is 10.6 Å².